The summed E-state index contributed by atoms with van der Waals surface area (Å²) in [7, 11) is -0.863. The fourth-order valence-corrected chi connectivity index (χ4v) is 3.67. The molecular weight excluding hydrogens is 394 g/mol. The highest BCUT2D eigenvalue weighted by atomic mass is 32.2. The van der Waals surface area contributed by atoms with E-state index in [1.165, 1.54) is 43.3 Å². The SMILES string of the molecule is COCCNC(=O)CN(C)C(=O)c1cccc(S(=O)(=O)Nc2cccc(C)c2)c1. The summed E-state index contributed by atoms with van der Waals surface area (Å²) in [6.45, 7) is 2.42. The number of hydrogen-bond acceptors (Lipinski definition) is 5. The number of amides is 2. The number of hydrogen-bond donors (Lipinski definition) is 2. The molecule has 0 aliphatic heterocycles. The molecule has 2 aromatic carbocycles. The molecule has 0 aliphatic rings. The molecule has 0 aromatic heterocycles. The number of carbonyl (C=O) groups is 2. The van der Waals surface area contributed by atoms with Crippen LogP contribution in [0.25, 0.3) is 0 Å². The third-order valence-electron chi connectivity index (χ3n) is 4.02. The Balaban J connectivity index is 2.11. The highest BCUT2D eigenvalue weighted by Crippen LogP contribution is 2.18. The quantitative estimate of drug-likeness (QED) is 0.601. The Kier molecular flexibility index (Phi) is 7.74. The number of rotatable bonds is 9. The second-order valence-electron chi connectivity index (χ2n) is 6.51. The smallest absolute Gasteiger partial charge is 0.261 e. The summed E-state index contributed by atoms with van der Waals surface area (Å²) in [6.07, 6.45) is 0. The molecule has 0 aliphatic carbocycles. The van der Waals surface area contributed by atoms with E-state index in [9.17, 15) is 18.0 Å². The molecule has 29 heavy (non-hydrogen) atoms. The Morgan fingerprint density at radius 2 is 1.83 bits per heavy atom. The second-order valence-corrected chi connectivity index (χ2v) is 8.19. The van der Waals surface area contributed by atoms with Crippen LogP contribution in [-0.2, 0) is 19.6 Å². The first-order valence-electron chi connectivity index (χ1n) is 8.93. The van der Waals surface area contributed by atoms with E-state index in [0.29, 0.717) is 18.8 Å². The molecule has 0 saturated carbocycles. The van der Waals surface area contributed by atoms with Crippen molar-refractivity contribution in [3.05, 3.63) is 59.7 Å². The van der Waals surface area contributed by atoms with E-state index < -0.39 is 15.9 Å². The predicted molar refractivity (Wildman–Crippen MR) is 110 cm³/mol. The molecule has 0 bridgehead atoms. The van der Waals surface area contributed by atoms with Crippen LogP contribution in [0.15, 0.2) is 53.4 Å². The van der Waals surface area contributed by atoms with Gasteiger partial charge in [0.1, 0.15) is 0 Å². The topological polar surface area (TPSA) is 105 Å². The average Bonchev–Trinajstić information content (AvgIpc) is 2.67. The second kappa shape index (κ2) is 10.0. The molecule has 0 fully saturated rings. The van der Waals surface area contributed by atoms with Gasteiger partial charge in [0.05, 0.1) is 18.0 Å². The Labute approximate surface area is 170 Å². The lowest BCUT2D eigenvalue weighted by Gasteiger charge is -2.17. The number of nitrogens with one attached hydrogen (secondary N) is 2. The minimum atomic E-state index is -3.86. The summed E-state index contributed by atoms with van der Waals surface area (Å²) >= 11 is 0. The Morgan fingerprint density at radius 1 is 1.10 bits per heavy atom. The Hall–Kier alpha value is -2.91. The van der Waals surface area contributed by atoms with Crippen molar-refractivity contribution in [2.45, 2.75) is 11.8 Å². The van der Waals surface area contributed by atoms with Crippen LogP contribution in [0.1, 0.15) is 15.9 Å². The molecular formula is C20H25N3O5S. The van der Waals surface area contributed by atoms with E-state index in [-0.39, 0.29) is 22.9 Å². The van der Waals surface area contributed by atoms with Crippen molar-refractivity contribution >= 4 is 27.5 Å². The van der Waals surface area contributed by atoms with Crippen molar-refractivity contribution in [3.8, 4) is 0 Å². The number of benzene rings is 2. The first-order valence-corrected chi connectivity index (χ1v) is 10.4. The lowest BCUT2D eigenvalue weighted by Crippen LogP contribution is -2.39. The molecule has 0 radical (unpaired) electrons. The molecule has 9 heteroatoms. The largest absolute Gasteiger partial charge is 0.383 e. The Morgan fingerprint density at radius 3 is 2.52 bits per heavy atom. The van der Waals surface area contributed by atoms with Gasteiger partial charge in [0.15, 0.2) is 0 Å². The van der Waals surface area contributed by atoms with Crippen LogP contribution in [0.4, 0.5) is 5.69 Å². The molecule has 2 N–H and O–H groups in total. The van der Waals surface area contributed by atoms with Crippen LogP contribution in [0.2, 0.25) is 0 Å². The molecule has 0 heterocycles. The third kappa shape index (κ3) is 6.58. The monoisotopic (exact) mass is 419 g/mol. The normalized spacial score (nSPS) is 11.0. The lowest BCUT2D eigenvalue weighted by molar-refractivity contribution is -0.121. The van der Waals surface area contributed by atoms with E-state index in [4.69, 9.17) is 4.74 Å². The molecule has 0 saturated heterocycles. The van der Waals surface area contributed by atoms with Gasteiger partial charge in [-0.2, -0.15) is 0 Å². The molecule has 2 aromatic rings. The van der Waals surface area contributed by atoms with Crippen LogP contribution in [0, 0.1) is 6.92 Å². The van der Waals surface area contributed by atoms with Crippen molar-refractivity contribution in [2.24, 2.45) is 0 Å². The molecule has 2 rings (SSSR count). The van der Waals surface area contributed by atoms with Crippen LogP contribution >= 0.6 is 0 Å². The van der Waals surface area contributed by atoms with Gasteiger partial charge in [0.2, 0.25) is 5.91 Å². The van der Waals surface area contributed by atoms with Gasteiger partial charge in [0, 0.05) is 32.0 Å². The van der Waals surface area contributed by atoms with Crippen molar-refractivity contribution in [1.82, 2.24) is 10.2 Å². The first-order chi connectivity index (χ1) is 13.7. The number of anilines is 1. The summed E-state index contributed by atoms with van der Waals surface area (Å²) in [6, 6.07) is 12.7. The standard InChI is InChI=1S/C20H25N3O5S/c1-15-6-4-8-17(12-15)22-29(26,27)18-9-5-7-16(13-18)20(25)23(2)14-19(24)21-10-11-28-3/h4-9,12-13,22H,10-11,14H2,1-3H3,(H,21,24). The zero-order valence-corrected chi connectivity index (χ0v) is 17.5. The van der Waals surface area contributed by atoms with E-state index in [1.807, 2.05) is 13.0 Å². The van der Waals surface area contributed by atoms with Crippen molar-refractivity contribution in [3.63, 3.8) is 0 Å². The number of nitrogens with zero attached hydrogens (tertiary/aromatic N) is 1. The van der Waals surface area contributed by atoms with Gasteiger partial charge in [-0.3, -0.25) is 14.3 Å². The van der Waals surface area contributed by atoms with Crippen molar-refractivity contribution in [1.29, 1.82) is 0 Å². The van der Waals surface area contributed by atoms with Crippen LogP contribution in [0.3, 0.4) is 0 Å². The van der Waals surface area contributed by atoms with Gasteiger partial charge in [-0.05, 0) is 42.8 Å². The van der Waals surface area contributed by atoms with E-state index in [2.05, 4.69) is 10.0 Å². The molecule has 0 unspecified atom stereocenters. The van der Waals surface area contributed by atoms with Gasteiger partial charge in [-0.15, -0.1) is 0 Å². The Bertz CT molecular complexity index is 976. The van der Waals surface area contributed by atoms with Gasteiger partial charge in [-0.25, -0.2) is 8.42 Å². The maximum Gasteiger partial charge on any atom is 0.261 e. The lowest BCUT2D eigenvalue weighted by atomic mass is 10.2. The highest BCUT2D eigenvalue weighted by molar-refractivity contribution is 7.92. The summed E-state index contributed by atoms with van der Waals surface area (Å²) in [5, 5.41) is 2.62. The van der Waals surface area contributed by atoms with Crippen LogP contribution in [-0.4, -0.2) is 59.0 Å². The number of likely N-dealkylation sites (N-methyl/N-ethyl adjacent to an activating group) is 1. The minimum Gasteiger partial charge on any atom is -0.383 e. The zero-order valence-electron chi connectivity index (χ0n) is 16.6. The average molecular weight is 420 g/mol. The number of methoxy groups -OCH3 is 1. The summed E-state index contributed by atoms with van der Waals surface area (Å²) < 4.78 is 32.7. The summed E-state index contributed by atoms with van der Waals surface area (Å²) in [4.78, 5) is 25.6. The van der Waals surface area contributed by atoms with Crippen LogP contribution < -0.4 is 10.0 Å². The maximum atomic E-state index is 12.7. The number of aryl methyl sites for hydroxylation is 1. The minimum absolute atomic E-state index is 0.0391. The number of ether oxygens (including phenoxy) is 1. The van der Waals surface area contributed by atoms with E-state index >= 15 is 0 Å². The fraction of sp³-hybridized carbons (Fsp3) is 0.300. The van der Waals surface area contributed by atoms with Crippen molar-refractivity contribution in [2.75, 3.05) is 38.6 Å². The highest BCUT2D eigenvalue weighted by Gasteiger charge is 2.19. The fourth-order valence-electron chi connectivity index (χ4n) is 2.57. The summed E-state index contributed by atoms with van der Waals surface area (Å²) in [5.41, 5.74) is 1.52. The molecule has 2 amide bonds. The maximum absolute atomic E-state index is 12.7. The first kappa shape index (κ1) is 22.4. The van der Waals surface area contributed by atoms with Gasteiger partial charge in [-0.1, -0.05) is 18.2 Å². The van der Waals surface area contributed by atoms with Gasteiger partial charge < -0.3 is 15.0 Å². The van der Waals surface area contributed by atoms with Crippen molar-refractivity contribution < 1.29 is 22.7 Å². The molecule has 8 nitrogen and oxygen atoms in total. The number of carbonyl (C=O) groups excluding carboxylic acids is 2. The third-order valence-corrected chi connectivity index (χ3v) is 5.40. The van der Waals surface area contributed by atoms with Crippen LogP contribution in [0.5, 0.6) is 0 Å². The summed E-state index contributed by atoms with van der Waals surface area (Å²) in [5.74, 6) is -0.790. The van der Waals surface area contributed by atoms with Gasteiger partial charge in [0.25, 0.3) is 15.9 Å². The van der Waals surface area contributed by atoms with Gasteiger partial charge >= 0.3 is 0 Å². The van der Waals surface area contributed by atoms with E-state index in [0.717, 1.165) is 5.56 Å². The number of sulfonamides is 1. The zero-order chi connectivity index (χ0) is 21.4. The molecule has 0 spiro atoms. The predicted octanol–water partition coefficient (Wildman–Crippen LogP) is 1.63. The van der Waals surface area contributed by atoms with E-state index in [1.54, 1.807) is 18.2 Å². The molecule has 0 atom stereocenters. The molecule has 156 valence electrons.